The normalized spacial score (nSPS) is 19.5. The Bertz CT molecular complexity index is 2820. The van der Waals surface area contributed by atoms with E-state index >= 15 is 0 Å². The van der Waals surface area contributed by atoms with Gasteiger partial charge in [-0.25, -0.2) is 0 Å². The average Bonchev–Trinajstić information content (AvgIpc) is 3.77. The summed E-state index contributed by atoms with van der Waals surface area (Å²) in [5.74, 6) is 1.05. The number of hydrogen-bond acceptors (Lipinski definition) is 2. The molecule has 7 aromatic rings. The molecule has 1 heterocycles. The summed E-state index contributed by atoms with van der Waals surface area (Å²) < 4.78 is 7.28. The molecule has 0 amide bonds. The summed E-state index contributed by atoms with van der Waals surface area (Å²) in [7, 11) is 0. The molecule has 0 bridgehead atoms. The molecule has 57 heavy (non-hydrogen) atoms. The van der Waals surface area contributed by atoms with Gasteiger partial charge < -0.3 is 9.64 Å². The molecule has 0 saturated carbocycles. The molecule has 3 unspecified atom stereocenters. The van der Waals surface area contributed by atoms with Crippen LogP contribution >= 0.6 is 0 Å². The molecule has 2 heteroatoms. The number of hydrogen-bond donors (Lipinski definition) is 0. The molecular weight excluding hydrogens is 691 g/mol. The minimum atomic E-state index is -0.189. The lowest BCUT2D eigenvalue weighted by molar-refractivity contribution is 0.250. The van der Waals surface area contributed by atoms with E-state index in [1.165, 1.54) is 83.4 Å². The minimum Gasteiger partial charge on any atom is -0.483 e. The van der Waals surface area contributed by atoms with Crippen LogP contribution in [-0.4, -0.2) is 12.1 Å². The highest BCUT2D eigenvalue weighted by Crippen LogP contribution is 2.53. The van der Waals surface area contributed by atoms with Crippen LogP contribution in [0.2, 0.25) is 0 Å². The Morgan fingerprint density at radius 2 is 1.23 bits per heavy atom. The zero-order valence-electron chi connectivity index (χ0n) is 32.3. The van der Waals surface area contributed by atoms with E-state index < -0.39 is 0 Å². The lowest BCUT2D eigenvalue weighted by atomic mass is 9.81. The highest BCUT2D eigenvalue weighted by atomic mass is 16.5. The molecule has 7 aromatic carbocycles. The van der Waals surface area contributed by atoms with Gasteiger partial charge in [-0.1, -0.05) is 184 Å². The summed E-state index contributed by atoms with van der Waals surface area (Å²) >= 11 is 0. The Hall–Kier alpha value is -6.64. The molecule has 11 rings (SSSR count). The first-order chi connectivity index (χ1) is 28.0. The Balaban J connectivity index is 1.05. The second-order valence-corrected chi connectivity index (χ2v) is 16.3. The van der Waals surface area contributed by atoms with E-state index in [4.69, 9.17) is 4.74 Å². The predicted octanol–water partition coefficient (Wildman–Crippen LogP) is 13.7. The van der Waals surface area contributed by atoms with Crippen LogP contribution in [0.3, 0.4) is 0 Å². The van der Waals surface area contributed by atoms with E-state index in [2.05, 4.69) is 213 Å². The summed E-state index contributed by atoms with van der Waals surface area (Å²) in [5.41, 5.74) is 16.4. The van der Waals surface area contributed by atoms with Crippen LogP contribution < -0.4 is 9.64 Å². The monoisotopic (exact) mass is 733 g/mol. The number of fused-ring (bicyclic) bond motifs is 8. The predicted molar refractivity (Wildman–Crippen MR) is 238 cm³/mol. The molecule has 274 valence electrons. The van der Waals surface area contributed by atoms with Gasteiger partial charge in [-0.05, 0) is 97.1 Å². The Morgan fingerprint density at radius 1 is 0.561 bits per heavy atom. The number of benzene rings is 7. The third-order valence-electron chi connectivity index (χ3n) is 12.8. The van der Waals surface area contributed by atoms with Crippen molar-refractivity contribution in [3.05, 3.63) is 222 Å². The van der Waals surface area contributed by atoms with Crippen LogP contribution in [-0.2, 0) is 5.41 Å². The van der Waals surface area contributed by atoms with Crippen LogP contribution in [0.1, 0.15) is 48.4 Å². The van der Waals surface area contributed by atoms with Gasteiger partial charge >= 0.3 is 0 Å². The molecular formula is C55H43NO. The first-order valence-electron chi connectivity index (χ1n) is 20.3. The number of nitrogens with zero attached hydrogens (tertiary/aromatic N) is 1. The van der Waals surface area contributed by atoms with Crippen molar-refractivity contribution in [1.82, 2.24) is 0 Å². The molecule has 2 nitrogen and oxygen atoms in total. The maximum absolute atomic E-state index is 7.28. The summed E-state index contributed by atoms with van der Waals surface area (Å²) in [6.45, 7) is 4.75. The van der Waals surface area contributed by atoms with E-state index in [-0.39, 0.29) is 23.5 Å². The molecule has 4 aliphatic rings. The smallest absolute Gasteiger partial charge is 0.149 e. The first-order valence-corrected chi connectivity index (χ1v) is 20.3. The first kappa shape index (κ1) is 33.7. The molecule has 0 spiro atoms. The van der Waals surface area contributed by atoms with Crippen LogP contribution in [0.25, 0.3) is 49.7 Å². The maximum Gasteiger partial charge on any atom is 0.149 e. The van der Waals surface area contributed by atoms with E-state index in [0.717, 1.165) is 12.2 Å². The SMILES string of the molecule is CC1(C)c2ccccc2-c2ccc(N(C3=CC=CC4c5c(cc(-c6ccccc6)c6ccccc56)OC34)C3CC=CC=C3c3ccc(-c4ccccc4)cc3)cc21. The van der Waals surface area contributed by atoms with Crippen molar-refractivity contribution < 1.29 is 4.74 Å². The fourth-order valence-electron chi connectivity index (χ4n) is 10.0. The van der Waals surface area contributed by atoms with Crippen molar-refractivity contribution in [3.63, 3.8) is 0 Å². The number of anilines is 1. The summed E-state index contributed by atoms with van der Waals surface area (Å²) in [5, 5.41) is 2.52. The zero-order valence-corrected chi connectivity index (χ0v) is 32.3. The molecule has 3 aliphatic carbocycles. The zero-order chi connectivity index (χ0) is 38.1. The standard InChI is InChI=1S/C55H43NO/c1-55(2)48-25-13-11-22-43(48)44-33-32-40(34-49(44)55)56(50-26-14-12-20-41(50)39-30-28-37(29-31-39)36-16-5-3-6-17-36)51-27-15-24-46-53-45-23-10-9-21-42(45)47(35-52(53)57-54(46)51)38-18-7-4-8-19-38/h3-25,27-35,46,50,54H,26H2,1-2H3. The molecule has 3 atom stereocenters. The van der Waals surface area contributed by atoms with Gasteiger partial charge in [0, 0.05) is 22.6 Å². The second-order valence-electron chi connectivity index (χ2n) is 16.3. The highest BCUT2D eigenvalue weighted by molar-refractivity contribution is 6.01. The quantitative estimate of drug-likeness (QED) is 0.169. The number of allylic oxidation sites excluding steroid dienone is 4. The van der Waals surface area contributed by atoms with Crippen molar-refractivity contribution in [2.75, 3.05) is 4.90 Å². The Labute approximate surface area is 335 Å². The molecule has 0 saturated heterocycles. The van der Waals surface area contributed by atoms with Crippen molar-refractivity contribution in [1.29, 1.82) is 0 Å². The second kappa shape index (κ2) is 13.2. The van der Waals surface area contributed by atoms with Crippen LogP contribution in [0.15, 0.2) is 200 Å². The van der Waals surface area contributed by atoms with Crippen molar-refractivity contribution in [3.8, 4) is 39.1 Å². The molecule has 0 fully saturated rings. The third kappa shape index (κ3) is 5.39. The largest absolute Gasteiger partial charge is 0.483 e. The van der Waals surface area contributed by atoms with Crippen LogP contribution in [0, 0.1) is 0 Å². The number of ether oxygens (including phenoxy) is 1. The molecule has 0 aromatic heterocycles. The lowest BCUT2D eigenvalue weighted by Gasteiger charge is -2.41. The van der Waals surface area contributed by atoms with Crippen molar-refractivity contribution >= 4 is 22.0 Å². The van der Waals surface area contributed by atoms with E-state index in [9.17, 15) is 0 Å². The van der Waals surface area contributed by atoms with Gasteiger partial charge in [0.15, 0.2) is 0 Å². The van der Waals surface area contributed by atoms with E-state index in [1.54, 1.807) is 0 Å². The van der Waals surface area contributed by atoms with Gasteiger partial charge in [-0.3, -0.25) is 0 Å². The summed E-state index contributed by atoms with van der Waals surface area (Å²) in [6, 6.07) is 57.8. The highest BCUT2D eigenvalue weighted by Gasteiger charge is 2.43. The van der Waals surface area contributed by atoms with Gasteiger partial charge in [0.05, 0.1) is 11.7 Å². The lowest BCUT2D eigenvalue weighted by Crippen LogP contribution is -2.42. The Morgan fingerprint density at radius 3 is 2.04 bits per heavy atom. The third-order valence-corrected chi connectivity index (χ3v) is 12.8. The van der Waals surface area contributed by atoms with Gasteiger partial charge in [0.2, 0.25) is 0 Å². The summed E-state index contributed by atoms with van der Waals surface area (Å²) in [6.07, 6.45) is 14.5. The van der Waals surface area contributed by atoms with Gasteiger partial charge in [0.1, 0.15) is 11.9 Å². The van der Waals surface area contributed by atoms with Crippen molar-refractivity contribution in [2.24, 2.45) is 0 Å². The molecule has 0 N–H and O–H groups in total. The van der Waals surface area contributed by atoms with E-state index in [1.807, 2.05) is 0 Å². The number of rotatable bonds is 6. The van der Waals surface area contributed by atoms with Gasteiger partial charge in [-0.15, -0.1) is 0 Å². The van der Waals surface area contributed by atoms with E-state index in [0.29, 0.717) is 0 Å². The summed E-state index contributed by atoms with van der Waals surface area (Å²) in [4.78, 5) is 2.62. The van der Waals surface area contributed by atoms with Crippen LogP contribution in [0.4, 0.5) is 5.69 Å². The molecule has 0 radical (unpaired) electrons. The minimum absolute atomic E-state index is 0.0462. The van der Waals surface area contributed by atoms with Gasteiger partial charge in [-0.2, -0.15) is 0 Å². The fourth-order valence-corrected chi connectivity index (χ4v) is 10.0. The average molecular weight is 734 g/mol. The maximum atomic E-state index is 7.28. The van der Waals surface area contributed by atoms with Crippen molar-refractivity contribution in [2.45, 2.75) is 43.7 Å². The van der Waals surface area contributed by atoms with Crippen LogP contribution in [0.5, 0.6) is 5.75 Å². The Kier molecular flexibility index (Phi) is 7.83. The topological polar surface area (TPSA) is 12.5 Å². The fraction of sp³-hybridized carbons (Fsp3) is 0.127. The van der Waals surface area contributed by atoms with Gasteiger partial charge in [0.25, 0.3) is 0 Å². The molecule has 1 aliphatic heterocycles.